The normalized spacial score (nSPS) is 12.1. The highest BCUT2D eigenvalue weighted by Gasteiger charge is 2.21. The number of benzene rings is 1. The number of halogens is 2. The molecule has 0 radical (unpaired) electrons. The molecular formula is C22H36FIN6S. The zero-order chi connectivity index (χ0) is 22.1. The van der Waals surface area contributed by atoms with E-state index < -0.39 is 0 Å². The molecule has 174 valence electrons. The number of thioether (sulfide) groups is 1. The van der Waals surface area contributed by atoms with E-state index in [9.17, 15) is 4.39 Å². The lowest BCUT2D eigenvalue weighted by molar-refractivity contribution is 0.476. The van der Waals surface area contributed by atoms with Crippen LogP contribution in [0.3, 0.4) is 0 Å². The van der Waals surface area contributed by atoms with Gasteiger partial charge in [0.25, 0.3) is 0 Å². The lowest BCUT2D eigenvalue weighted by Crippen LogP contribution is -2.43. The van der Waals surface area contributed by atoms with Crippen molar-refractivity contribution < 1.29 is 4.39 Å². The van der Waals surface area contributed by atoms with Crippen LogP contribution in [0.1, 0.15) is 45.5 Å². The number of aliphatic imine (C=N–C) groups is 1. The van der Waals surface area contributed by atoms with Gasteiger partial charge in [-0.2, -0.15) is 0 Å². The summed E-state index contributed by atoms with van der Waals surface area (Å²) in [5.41, 5.74) is 0.737. The second kappa shape index (κ2) is 13.2. The van der Waals surface area contributed by atoms with E-state index in [-0.39, 0.29) is 35.2 Å². The van der Waals surface area contributed by atoms with Crippen molar-refractivity contribution >= 4 is 41.7 Å². The average molecular weight is 563 g/mol. The third kappa shape index (κ3) is 8.59. The Morgan fingerprint density at radius 1 is 1.26 bits per heavy atom. The monoisotopic (exact) mass is 562 g/mol. The number of nitrogens with one attached hydrogen (secondary N) is 2. The van der Waals surface area contributed by atoms with Crippen LogP contribution in [-0.4, -0.2) is 47.1 Å². The maximum Gasteiger partial charge on any atom is 0.191 e. The molecule has 0 unspecified atom stereocenters. The number of aryl methyl sites for hydroxylation is 1. The summed E-state index contributed by atoms with van der Waals surface area (Å²) in [5.74, 6) is 2.12. The Kier molecular flexibility index (Phi) is 11.8. The van der Waals surface area contributed by atoms with E-state index in [1.54, 1.807) is 30.9 Å². The van der Waals surface area contributed by atoms with Crippen molar-refractivity contribution in [1.29, 1.82) is 0 Å². The van der Waals surface area contributed by atoms with E-state index in [1.807, 2.05) is 12.3 Å². The number of rotatable bonds is 10. The zero-order valence-corrected chi connectivity index (χ0v) is 22.6. The van der Waals surface area contributed by atoms with Crippen LogP contribution in [0.5, 0.6) is 0 Å². The fourth-order valence-corrected chi connectivity index (χ4v) is 3.72. The van der Waals surface area contributed by atoms with Crippen LogP contribution in [0.4, 0.5) is 4.39 Å². The van der Waals surface area contributed by atoms with Crippen LogP contribution in [0.15, 0.2) is 34.4 Å². The topological polar surface area (TPSA) is 67.1 Å². The van der Waals surface area contributed by atoms with Gasteiger partial charge in [0.1, 0.15) is 11.6 Å². The van der Waals surface area contributed by atoms with Gasteiger partial charge in [-0.15, -0.1) is 34.2 Å². The predicted octanol–water partition coefficient (Wildman–Crippen LogP) is 4.49. The fraction of sp³-hybridized carbons (Fsp3) is 0.591. The second-order valence-corrected chi connectivity index (χ2v) is 9.23. The van der Waals surface area contributed by atoms with Gasteiger partial charge in [0.05, 0.1) is 0 Å². The highest BCUT2D eigenvalue weighted by Crippen LogP contribution is 2.22. The van der Waals surface area contributed by atoms with Crippen molar-refractivity contribution in [2.24, 2.45) is 10.9 Å². The first-order chi connectivity index (χ1) is 14.3. The summed E-state index contributed by atoms with van der Waals surface area (Å²) in [4.78, 5) is 4.31. The Labute approximate surface area is 207 Å². The maximum absolute atomic E-state index is 13.6. The summed E-state index contributed by atoms with van der Waals surface area (Å²) in [6.07, 6.45) is 3.82. The van der Waals surface area contributed by atoms with Crippen LogP contribution >= 0.6 is 35.7 Å². The molecule has 6 nitrogen and oxygen atoms in total. The lowest BCUT2D eigenvalue weighted by Gasteiger charge is -2.27. The SMILES string of the molecule is CN=C(NCCCc1nnc(SC)n1CC(C)C)NCC(C)(C)c1cccc(F)c1.I. The van der Waals surface area contributed by atoms with E-state index in [1.165, 1.54) is 6.07 Å². The standard InChI is InChI=1S/C22H35FN6S.HI/c1-16(2)14-29-19(27-28-21(29)30-6)11-8-12-25-20(24-5)26-15-22(3,4)17-9-7-10-18(23)13-17;/h7,9-10,13,16H,8,11-12,14-15H2,1-6H3,(H2,24,25,26);1H. The molecule has 0 fully saturated rings. The van der Waals surface area contributed by atoms with Gasteiger partial charge >= 0.3 is 0 Å². The van der Waals surface area contributed by atoms with Crippen LogP contribution < -0.4 is 10.6 Å². The molecule has 0 bridgehead atoms. The Morgan fingerprint density at radius 2 is 2.00 bits per heavy atom. The minimum Gasteiger partial charge on any atom is -0.356 e. The van der Waals surface area contributed by atoms with Gasteiger partial charge < -0.3 is 15.2 Å². The van der Waals surface area contributed by atoms with Crippen molar-refractivity contribution in [3.05, 3.63) is 41.5 Å². The molecule has 31 heavy (non-hydrogen) atoms. The van der Waals surface area contributed by atoms with Crippen molar-refractivity contribution in [2.75, 3.05) is 26.4 Å². The number of aromatic nitrogens is 3. The van der Waals surface area contributed by atoms with E-state index in [0.29, 0.717) is 12.5 Å². The Balaban J connectivity index is 0.00000480. The van der Waals surface area contributed by atoms with Crippen molar-refractivity contribution in [3.8, 4) is 0 Å². The van der Waals surface area contributed by atoms with E-state index >= 15 is 0 Å². The molecule has 1 aromatic heterocycles. The summed E-state index contributed by atoms with van der Waals surface area (Å²) in [6.45, 7) is 11.0. The lowest BCUT2D eigenvalue weighted by atomic mass is 9.84. The first kappa shape index (κ1) is 27.7. The van der Waals surface area contributed by atoms with Gasteiger partial charge in [-0.3, -0.25) is 4.99 Å². The van der Waals surface area contributed by atoms with Crippen LogP contribution in [-0.2, 0) is 18.4 Å². The first-order valence-corrected chi connectivity index (χ1v) is 11.7. The maximum atomic E-state index is 13.6. The van der Waals surface area contributed by atoms with Crippen molar-refractivity contribution in [3.63, 3.8) is 0 Å². The Hall–Kier alpha value is -1.36. The molecule has 0 amide bonds. The molecule has 0 aliphatic carbocycles. The van der Waals surface area contributed by atoms with E-state index in [4.69, 9.17) is 0 Å². The van der Waals surface area contributed by atoms with Crippen LogP contribution in [0.25, 0.3) is 0 Å². The molecule has 1 aromatic carbocycles. The molecule has 0 saturated carbocycles. The molecule has 0 aliphatic heterocycles. The third-order valence-electron chi connectivity index (χ3n) is 4.92. The molecule has 2 aromatic rings. The molecule has 9 heteroatoms. The van der Waals surface area contributed by atoms with Crippen LogP contribution in [0, 0.1) is 11.7 Å². The number of nitrogens with zero attached hydrogens (tertiary/aromatic N) is 4. The Morgan fingerprint density at radius 3 is 2.61 bits per heavy atom. The molecule has 1 heterocycles. The average Bonchev–Trinajstić information content (AvgIpc) is 3.08. The quantitative estimate of drug-likeness (QED) is 0.147. The largest absolute Gasteiger partial charge is 0.356 e. The smallest absolute Gasteiger partial charge is 0.191 e. The molecule has 0 spiro atoms. The minimum atomic E-state index is -0.221. The van der Waals surface area contributed by atoms with Gasteiger partial charge in [-0.05, 0) is 36.3 Å². The summed E-state index contributed by atoms with van der Waals surface area (Å²) in [7, 11) is 1.76. The summed E-state index contributed by atoms with van der Waals surface area (Å²) >= 11 is 1.63. The van der Waals surface area contributed by atoms with Gasteiger partial charge in [-0.1, -0.05) is 51.6 Å². The second-order valence-electron chi connectivity index (χ2n) is 8.46. The first-order valence-electron chi connectivity index (χ1n) is 10.4. The molecular weight excluding hydrogens is 526 g/mol. The van der Waals surface area contributed by atoms with Crippen LogP contribution in [0.2, 0.25) is 0 Å². The Bertz CT molecular complexity index is 837. The fourth-order valence-electron chi connectivity index (χ4n) is 3.19. The molecule has 2 rings (SSSR count). The van der Waals surface area contributed by atoms with Gasteiger partial charge in [0.15, 0.2) is 11.1 Å². The van der Waals surface area contributed by atoms with Crippen molar-refractivity contribution in [1.82, 2.24) is 25.4 Å². The van der Waals surface area contributed by atoms with Gasteiger partial charge in [-0.25, -0.2) is 4.39 Å². The molecule has 2 N–H and O–H groups in total. The summed E-state index contributed by atoms with van der Waals surface area (Å²) in [6, 6.07) is 6.77. The number of hydrogen-bond donors (Lipinski definition) is 2. The molecule has 0 atom stereocenters. The number of guanidine groups is 1. The predicted molar refractivity (Wildman–Crippen MR) is 139 cm³/mol. The molecule has 0 saturated heterocycles. The highest BCUT2D eigenvalue weighted by molar-refractivity contribution is 14.0. The molecule has 0 aliphatic rings. The van der Waals surface area contributed by atoms with E-state index in [2.05, 4.69) is 58.1 Å². The highest BCUT2D eigenvalue weighted by atomic mass is 127. The zero-order valence-electron chi connectivity index (χ0n) is 19.4. The minimum absolute atomic E-state index is 0. The van der Waals surface area contributed by atoms with E-state index in [0.717, 1.165) is 48.4 Å². The van der Waals surface area contributed by atoms with Crippen molar-refractivity contribution in [2.45, 2.75) is 57.7 Å². The number of hydrogen-bond acceptors (Lipinski definition) is 4. The third-order valence-corrected chi connectivity index (χ3v) is 5.59. The van der Waals surface area contributed by atoms with Gasteiger partial charge in [0, 0.05) is 38.5 Å². The summed E-state index contributed by atoms with van der Waals surface area (Å²) in [5, 5.41) is 16.4. The summed E-state index contributed by atoms with van der Waals surface area (Å²) < 4.78 is 15.8. The van der Waals surface area contributed by atoms with Gasteiger partial charge in [0.2, 0.25) is 0 Å².